The molecule has 0 bridgehead atoms. The Morgan fingerprint density at radius 2 is 2.31 bits per heavy atom. The van der Waals surface area contributed by atoms with Gasteiger partial charge in [-0.1, -0.05) is 0 Å². The highest BCUT2D eigenvalue weighted by molar-refractivity contribution is 7.92. The average Bonchev–Trinajstić information content (AvgIpc) is 2.30. The summed E-state index contributed by atoms with van der Waals surface area (Å²) in [5.41, 5.74) is 0. The van der Waals surface area contributed by atoms with Gasteiger partial charge >= 0.3 is 0 Å². The molecule has 0 aromatic carbocycles. The number of hydrogen-bond donors (Lipinski definition) is 2. The normalized spacial score (nSPS) is 28.9. The van der Waals surface area contributed by atoms with Crippen molar-refractivity contribution >= 4 is 9.84 Å². The zero-order valence-electron chi connectivity index (χ0n) is 7.86. The van der Waals surface area contributed by atoms with Gasteiger partial charge in [-0.15, -0.1) is 0 Å². The van der Waals surface area contributed by atoms with Crippen LogP contribution < -0.4 is 5.32 Å². The van der Waals surface area contributed by atoms with Crippen molar-refractivity contribution < 1.29 is 13.5 Å². The van der Waals surface area contributed by atoms with E-state index in [4.69, 9.17) is 5.11 Å². The molecular formula is C8H17NO3S. The van der Waals surface area contributed by atoms with Gasteiger partial charge in [0, 0.05) is 13.1 Å². The Morgan fingerprint density at radius 1 is 1.62 bits per heavy atom. The predicted octanol–water partition coefficient (Wildman–Crippen LogP) is -0.466. The maximum atomic E-state index is 11.3. The van der Waals surface area contributed by atoms with Crippen LogP contribution in [0.4, 0.5) is 0 Å². The summed E-state index contributed by atoms with van der Waals surface area (Å²) in [5.74, 6) is 0.327. The number of sulfone groups is 1. The predicted molar refractivity (Wildman–Crippen MR) is 51.4 cm³/mol. The Labute approximate surface area is 79.3 Å². The molecule has 1 rings (SSSR count). The van der Waals surface area contributed by atoms with Crippen molar-refractivity contribution in [3.8, 4) is 0 Å². The molecule has 1 fully saturated rings. The smallest absolute Gasteiger partial charge is 0.154 e. The van der Waals surface area contributed by atoms with Crippen molar-refractivity contribution in [1.82, 2.24) is 5.32 Å². The molecule has 2 atom stereocenters. The van der Waals surface area contributed by atoms with Gasteiger partial charge in [0.15, 0.2) is 9.84 Å². The van der Waals surface area contributed by atoms with E-state index in [9.17, 15) is 8.42 Å². The van der Waals surface area contributed by atoms with Crippen LogP contribution in [0.3, 0.4) is 0 Å². The fourth-order valence-corrected chi connectivity index (χ4v) is 3.34. The lowest BCUT2D eigenvalue weighted by Gasteiger charge is -2.11. The maximum absolute atomic E-state index is 11.3. The zero-order chi connectivity index (χ0) is 9.90. The van der Waals surface area contributed by atoms with E-state index in [2.05, 4.69) is 5.32 Å². The fourth-order valence-electron chi connectivity index (χ4n) is 1.54. The summed E-state index contributed by atoms with van der Waals surface area (Å²) in [6, 6.07) is 0. The largest absolute Gasteiger partial charge is 0.392 e. The number of rotatable bonds is 4. The summed E-state index contributed by atoms with van der Waals surface area (Å²) >= 11 is 0. The van der Waals surface area contributed by atoms with Crippen LogP contribution in [0.25, 0.3) is 0 Å². The minimum absolute atomic E-state index is 0.230. The highest BCUT2D eigenvalue weighted by atomic mass is 32.2. The van der Waals surface area contributed by atoms with Crippen molar-refractivity contribution in [2.24, 2.45) is 0 Å². The molecule has 0 spiro atoms. The third-order valence-electron chi connectivity index (χ3n) is 2.27. The van der Waals surface area contributed by atoms with Crippen LogP contribution >= 0.6 is 0 Å². The molecule has 0 aliphatic carbocycles. The molecule has 1 aliphatic rings. The summed E-state index contributed by atoms with van der Waals surface area (Å²) in [7, 11) is -2.83. The van der Waals surface area contributed by atoms with Crippen LogP contribution in [-0.4, -0.2) is 43.7 Å². The third kappa shape index (κ3) is 3.25. The van der Waals surface area contributed by atoms with Gasteiger partial charge in [0.2, 0.25) is 0 Å². The van der Waals surface area contributed by atoms with E-state index < -0.39 is 15.9 Å². The highest BCUT2D eigenvalue weighted by Gasteiger charge is 2.30. The van der Waals surface area contributed by atoms with Crippen LogP contribution in [0.15, 0.2) is 0 Å². The molecular weight excluding hydrogens is 190 g/mol. The fraction of sp³-hybridized carbons (Fsp3) is 1.00. The lowest BCUT2D eigenvalue weighted by Crippen LogP contribution is -2.34. The van der Waals surface area contributed by atoms with Gasteiger partial charge in [-0.2, -0.15) is 0 Å². The molecule has 13 heavy (non-hydrogen) atoms. The first-order valence-electron chi connectivity index (χ1n) is 4.63. The zero-order valence-corrected chi connectivity index (χ0v) is 8.68. The van der Waals surface area contributed by atoms with Crippen molar-refractivity contribution in [3.63, 3.8) is 0 Å². The van der Waals surface area contributed by atoms with Crippen molar-refractivity contribution in [1.29, 1.82) is 0 Å². The number of hydrogen-bond acceptors (Lipinski definition) is 4. The lowest BCUT2D eigenvalue weighted by atomic mass is 10.2. The van der Waals surface area contributed by atoms with Crippen LogP contribution in [0.1, 0.15) is 19.8 Å². The standard InChI is InChI=1S/C8H17NO3S/c1-7(10)5-9-6-8-3-2-4-13(8,11)12/h7-10H,2-6H2,1H3/t7-,8?/m1/s1. The third-order valence-corrected chi connectivity index (χ3v) is 4.55. The Morgan fingerprint density at radius 3 is 2.77 bits per heavy atom. The van der Waals surface area contributed by atoms with E-state index in [-0.39, 0.29) is 5.25 Å². The van der Waals surface area contributed by atoms with Gasteiger partial charge in [-0.25, -0.2) is 8.42 Å². The number of aliphatic hydroxyl groups excluding tert-OH is 1. The molecule has 0 saturated carbocycles. The minimum Gasteiger partial charge on any atom is -0.392 e. The Balaban J connectivity index is 2.29. The first-order chi connectivity index (χ1) is 6.02. The Kier molecular flexibility index (Phi) is 3.70. The van der Waals surface area contributed by atoms with Crippen LogP contribution in [-0.2, 0) is 9.84 Å². The lowest BCUT2D eigenvalue weighted by molar-refractivity contribution is 0.191. The first kappa shape index (κ1) is 10.9. The van der Waals surface area contributed by atoms with E-state index in [0.29, 0.717) is 18.8 Å². The molecule has 1 saturated heterocycles. The van der Waals surface area contributed by atoms with Crippen molar-refractivity contribution in [2.75, 3.05) is 18.8 Å². The van der Waals surface area contributed by atoms with E-state index >= 15 is 0 Å². The molecule has 5 heteroatoms. The van der Waals surface area contributed by atoms with Crippen molar-refractivity contribution in [3.05, 3.63) is 0 Å². The minimum atomic E-state index is -2.83. The Hall–Kier alpha value is -0.130. The molecule has 0 radical (unpaired) electrons. The highest BCUT2D eigenvalue weighted by Crippen LogP contribution is 2.18. The summed E-state index contributed by atoms with van der Waals surface area (Å²) < 4.78 is 22.7. The van der Waals surface area contributed by atoms with Crippen LogP contribution in [0, 0.1) is 0 Å². The second kappa shape index (κ2) is 4.39. The number of nitrogens with one attached hydrogen (secondary N) is 1. The van der Waals surface area contributed by atoms with E-state index in [0.717, 1.165) is 12.8 Å². The van der Waals surface area contributed by atoms with Gasteiger partial charge in [0.05, 0.1) is 17.1 Å². The molecule has 0 aromatic heterocycles. The molecule has 1 aliphatic heterocycles. The molecule has 0 aromatic rings. The van der Waals surface area contributed by atoms with Gasteiger partial charge in [0.25, 0.3) is 0 Å². The summed E-state index contributed by atoms with van der Waals surface area (Å²) in [6.45, 7) is 2.62. The second-order valence-electron chi connectivity index (χ2n) is 3.64. The molecule has 2 N–H and O–H groups in total. The van der Waals surface area contributed by atoms with Gasteiger partial charge in [0.1, 0.15) is 0 Å². The van der Waals surface area contributed by atoms with Gasteiger partial charge in [-0.3, -0.25) is 0 Å². The topological polar surface area (TPSA) is 66.4 Å². The van der Waals surface area contributed by atoms with Crippen LogP contribution in [0.5, 0.6) is 0 Å². The van der Waals surface area contributed by atoms with Crippen molar-refractivity contribution in [2.45, 2.75) is 31.1 Å². The second-order valence-corrected chi connectivity index (χ2v) is 6.04. The Bertz CT molecular complexity index is 248. The van der Waals surface area contributed by atoms with Gasteiger partial charge in [-0.05, 0) is 19.8 Å². The van der Waals surface area contributed by atoms with Crippen LogP contribution in [0.2, 0.25) is 0 Å². The molecule has 78 valence electrons. The van der Waals surface area contributed by atoms with E-state index in [1.165, 1.54) is 0 Å². The van der Waals surface area contributed by atoms with E-state index in [1.807, 2.05) is 0 Å². The molecule has 0 amide bonds. The summed E-state index contributed by atoms with van der Waals surface area (Å²) in [6.07, 6.45) is 1.13. The number of aliphatic hydroxyl groups is 1. The summed E-state index contributed by atoms with van der Waals surface area (Å²) in [4.78, 5) is 0. The first-order valence-corrected chi connectivity index (χ1v) is 6.34. The average molecular weight is 207 g/mol. The quantitative estimate of drug-likeness (QED) is 0.654. The monoisotopic (exact) mass is 207 g/mol. The molecule has 4 nitrogen and oxygen atoms in total. The summed E-state index contributed by atoms with van der Waals surface area (Å²) in [5, 5.41) is 11.7. The van der Waals surface area contributed by atoms with E-state index in [1.54, 1.807) is 6.92 Å². The maximum Gasteiger partial charge on any atom is 0.154 e. The van der Waals surface area contributed by atoms with Gasteiger partial charge < -0.3 is 10.4 Å². The molecule has 1 unspecified atom stereocenters. The SMILES string of the molecule is C[C@@H](O)CNCC1CCCS1(=O)=O. The molecule has 1 heterocycles.